The van der Waals surface area contributed by atoms with Crippen molar-refractivity contribution in [1.29, 1.82) is 0 Å². The summed E-state index contributed by atoms with van der Waals surface area (Å²) in [7, 11) is 6.45. The third kappa shape index (κ3) is 2.17. The van der Waals surface area contributed by atoms with Gasteiger partial charge in [0.15, 0.2) is 0 Å². The van der Waals surface area contributed by atoms with Gasteiger partial charge in [0.2, 0.25) is 0 Å². The normalized spacial score (nSPS) is 11.4. The molecule has 0 aliphatic carbocycles. The summed E-state index contributed by atoms with van der Waals surface area (Å²) in [6, 6.07) is 13.3. The van der Waals surface area contributed by atoms with Gasteiger partial charge in [-0.25, -0.2) is 0 Å². The summed E-state index contributed by atoms with van der Waals surface area (Å²) in [4.78, 5) is 0. The third-order valence-corrected chi connectivity index (χ3v) is 11.3. The molecule has 0 amide bonds. The zero-order valence-electron chi connectivity index (χ0n) is 11.5. The molecule has 3 rings (SSSR count). The molecule has 0 saturated carbocycles. The van der Waals surface area contributed by atoms with Crippen molar-refractivity contribution in [3.8, 4) is 0 Å². The SMILES string of the molecule is Cn1ccc[c]1[Sb]([c]1cccn1C)[c]1cccn1C. The number of aromatic nitrogens is 3. The predicted molar refractivity (Wildman–Crippen MR) is 80.9 cm³/mol. The van der Waals surface area contributed by atoms with Crippen LogP contribution in [0, 0.1) is 0 Å². The summed E-state index contributed by atoms with van der Waals surface area (Å²) in [6.07, 6.45) is 6.45. The predicted octanol–water partition coefficient (Wildman–Crippen LogP) is 0.218. The van der Waals surface area contributed by atoms with E-state index in [2.05, 4.69) is 89.8 Å². The molecule has 0 fully saturated rings. The molecule has 98 valence electrons. The molecular formula is C15H18N3Sb. The standard InChI is InChI=1S/3C5H6N.Sb/c3*1-6-4-2-3-5-6;/h3*2-4H,1H3;. The molecule has 0 atom stereocenters. The van der Waals surface area contributed by atoms with Crippen molar-refractivity contribution in [3.05, 3.63) is 55.0 Å². The molecule has 0 aliphatic heterocycles. The molecule has 3 heterocycles. The van der Waals surface area contributed by atoms with Crippen LogP contribution in [0.1, 0.15) is 0 Å². The first kappa shape index (κ1) is 12.7. The molecular weight excluding hydrogens is 344 g/mol. The van der Waals surface area contributed by atoms with Gasteiger partial charge in [0.25, 0.3) is 0 Å². The van der Waals surface area contributed by atoms with Crippen molar-refractivity contribution in [2.45, 2.75) is 0 Å². The fourth-order valence-electron chi connectivity index (χ4n) is 2.41. The molecule has 0 spiro atoms. The molecule has 3 nitrogen and oxygen atoms in total. The second kappa shape index (κ2) is 4.97. The maximum atomic E-state index is 2.28. The van der Waals surface area contributed by atoms with E-state index in [1.54, 1.807) is 0 Å². The van der Waals surface area contributed by atoms with Crippen LogP contribution in [0.3, 0.4) is 0 Å². The minimum atomic E-state index is -1.92. The molecule has 0 N–H and O–H groups in total. The van der Waals surface area contributed by atoms with Gasteiger partial charge < -0.3 is 0 Å². The molecule has 19 heavy (non-hydrogen) atoms. The van der Waals surface area contributed by atoms with E-state index >= 15 is 0 Å². The van der Waals surface area contributed by atoms with E-state index in [1.807, 2.05) is 0 Å². The summed E-state index contributed by atoms with van der Waals surface area (Å²) >= 11 is -1.92. The van der Waals surface area contributed by atoms with Gasteiger partial charge in [0.05, 0.1) is 0 Å². The Morgan fingerprint density at radius 3 is 1.16 bits per heavy atom. The Balaban J connectivity index is 2.20. The quantitative estimate of drug-likeness (QED) is 0.593. The van der Waals surface area contributed by atoms with Crippen LogP contribution < -0.4 is 10.9 Å². The summed E-state index contributed by atoms with van der Waals surface area (Å²) in [5.41, 5.74) is 0. The van der Waals surface area contributed by atoms with Crippen LogP contribution >= 0.6 is 0 Å². The number of hydrogen-bond acceptors (Lipinski definition) is 0. The Morgan fingerprint density at radius 2 is 0.947 bits per heavy atom. The number of rotatable bonds is 3. The van der Waals surface area contributed by atoms with Gasteiger partial charge in [-0.05, 0) is 0 Å². The van der Waals surface area contributed by atoms with Crippen LogP contribution in [0.5, 0.6) is 0 Å². The Kier molecular flexibility index (Phi) is 3.32. The molecule has 0 aromatic carbocycles. The fraction of sp³-hybridized carbons (Fsp3) is 0.200. The fourth-order valence-corrected chi connectivity index (χ4v) is 9.70. The molecule has 0 aliphatic rings. The van der Waals surface area contributed by atoms with Crippen molar-refractivity contribution < 1.29 is 0 Å². The number of aryl methyl sites for hydroxylation is 3. The Morgan fingerprint density at radius 1 is 0.632 bits per heavy atom. The average molecular weight is 362 g/mol. The van der Waals surface area contributed by atoms with E-state index in [9.17, 15) is 0 Å². The minimum absolute atomic E-state index is 1.49. The first-order valence-electron chi connectivity index (χ1n) is 6.32. The van der Waals surface area contributed by atoms with E-state index in [0.717, 1.165) is 0 Å². The monoisotopic (exact) mass is 361 g/mol. The van der Waals surface area contributed by atoms with E-state index < -0.39 is 20.2 Å². The maximum absolute atomic E-state index is 2.28. The van der Waals surface area contributed by atoms with Crippen molar-refractivity contribution in [3.63, 3.8) is 0 Å². The summed E-state index contributed by atoms with van der Waals surface area (Å²) < 4.78 is 11.3. The molecule has 0 radical (unpaired) electrons. The molecule has 3 aromatic heterocycles. The summed E-state index contributed by atoms with van der Waals surface area (Å²) in [6.45, 7) is 0. The van der Waals surface area contributed by atoms with Gasteiger partial charge in [0, 0.05) is 0 Å². The van der Waals surface area contributed by atoms with E-state index in [0.29, 0.717) is 0 Å². The van der Waals surface area contributed by atoms with Crippen molar-refractivity contribution in [1.82, 2.24) is 13.7 Å². The summed E-state index contributed by atoms with van der Waals surface area (Å²) in [5, 5.41) is 0. The van der Waals surface area contributed by atoms with Gasteiger partial charge in [-0.15, -0.1) is 0 Å². The van der Waals surface area contributed by atoms with Crippen molar-refractivity contribution in [2.75, 3.05) is 0 Å². The second-order valence-electron chi connectivity index (χ2n) is 4.77. The molecule has 3 aromatic rings. The number of hydrogen-bond donors (Lipinski definition) is 0. The van der Waals surface area contributed by atoms with Crippen molar-refractivity contribution in [2.24, 2.45) is 21.1 Å². The van der Waals surface area contributed by atoms with Crippen molar-refractivity contribution >= 4 is 31.1 Å². The van der Waals surface area contributed by atoms with E-state index in [1.165, 1.54) is 10.9 Å². The van der Waals surface area contributed by atoms with Crippen LogP contribution in [-0.4, -0.2) is 33.9 Å². The zero-order valence-corrected chi connectivity index (χ0v) is 14.0. The van der Waals surface area contributed by atoms with Gasteiger partial charge in [0.1, 0.15) is 0 Å². The van der Waals surface area contributed by atoms with E-state index in [-0.39, 0.29) is 0 Å². The Hall–Kier alpha value is -1.34. The Bertz CT molecular complexity index is 594. The summed E-state index contributed by atoms with van der Waals surface area (Å²) in [5.74, 6) is 0. The van der Waals surface area contributed by atoms with Gasteiger partial charge >= 0.3 is 121 Å². The first-order valence-corrected chi connectivity index (χ1v) is 10.2. The van der Waals surface area contributed by atoms with Gasteiger partial charge in [-0.1, -0.05) is 0 Å². The molecule has 0 saturated heterocycles. The zero-order chi connectivity index (χ0) is 13.4. The molecule has 0 unspecified atom stereocenters. The van der Waals surface area contributed by atoms with Gasteiger partial charge in [-0.3, -0.25) is 0 Å². The second-order valence-corrected chi connectivity index (χ2v) is 10.6. The Labute approximate surface area is 121 Å². The van der Waals surface area contributed by atoms with Crippen LogP contribution in [-0.2, 0) is 21.1 Å². The molecule has 0 bridgehead atoms. The van der Waals surface area contributed by atoms with Crippen LogP contribution in [0.4, 0.5) is 0 Å². The topological polar surface area (TPSA) is 14.8 Å². The van der Waals surface area contributed by atoms with Crippen LogP contribution in [0.25, 0.3) is 0 Å². The van der Waals surface area contributed by atoms with Crippen LogP contribution in [0.15, 0.2) is 55.0 Å². The van der Waals surface area contributed by atoms with E-state index in [4.69, 9.17) is 0 Å². The molecule has 4 heteroatoms. The average Bonchev–Trinajstić information content (AvgIpc) is 3.07. The third-order valence-electron chi connectivity index (χ3n) is 3.44. The van der Waals surface area contributed by atoms with Gasteiger partial charge in [-0.2, -0.15) is 0 Å². The van der Waals surface area contributed by atoms with Crippen LogP contribution in [0.2, 0.25) is 0 Å². The first-order chi connectivity index (χ1) is 9.18. The number of nitrogens with zero attached hydrogens (tertiary/aromatic N) is 3.